The number of halogens is 1. The SMILES string of the molecule is OCCCCCCCCCC#CI. The van der Waals surface area contributed by atoms with E-state index >= 15 is 0 Å². The van der Waals surface area contributed by atoms with E-state index in [-0.39, 0.29) is 0 Å². The molecule has 0 aliphatic heterocycles. The maximum atomic E-state index is 8.55. The predicted octanol–water partition coefficient (Wildman–Crippen LogP) is 3.50. The summed E-state index contributed by atoms with van der Waals surface area (Å²) in [6, 6.07) is 0. The van der Waals surface area contributed by atoms with Crippen LogP contribution in [0.4, 0.5) is 0 Å². The van der Waals surface area contributed by atoms with Crippen LogP contribution in [0.2, 0.25) is 0 Å². The maximum absolute atomic E-state index is 8.55. The van der Waals surface area contributed by atoms with Crippen LogP contribution in [-0.2, 0) is 0 Å². The molecule has 0 rings (SSSR count). The third-order valence-corrected chi connectivity index (χ3v) is 2.41. The van der Waals surface area contributed by atoms with Crippen molar-refractivity contribution in [2.24, 2.45) is 0 Å². The number of unbranched alkanes of at least 4 members (excludes halogenated alkanes) is 7. The molecule has 0 spiro atoms. The van der Waals surface area contributed by atoms with Gasteiger partial charge in [-0.05, 0) is 16.8 Å². The summed E-state index contributed by atoms with van der Waals surface area (Å²) in [5.74, 6) is 3.06. The molecule has 13 heavy (non-hydrogen) atoms. The van der Waals surface area contributed by atoms with Crippen molar-refractivity contribution in [1.82, 2.24) is 0 Å². The lowest BCUT2D eigenvalue weighted by molar-refractivity contribution is 0.282. The van der Waals surface area contributed by atoms with Crippen LogP contribution >= 0.6 is 22.6 Å². The largest absolute Gasteiger partial charge is 0.396 e. The van der Waals surface area contributed by atoms with Crippen LogP contribution in [0.1, 0.15) is 51.4 Å². The summed E-state index contributed by atoms with van der Waals surface area (Å²) in [5.41, 5.74) is 0. The summed E-state index contributed by atoms with van der Waals surface area (Å²) in [6.45, 7) is 0.352. The van der Waals surface area contributed by atoms with Gasteiger partial charge in [-0.15, -0.1) is 0 Å². The molecule has 1 nitrogen and oxygen atoms in total. The molecule has 0 saturated carbocycles. The van der Waals surface area contributed by atoms with Gasteiger partial charge in [-0.1, -0.05) is 38.0 Å². The van der Waals surface area contributed by atoms with Crippen LogP contribution in [0.25, 0.3) is 0 Å². The average molecular weight is 294 g/mol. The van der Waals surface area contributed by atoms with Gasteiger partial charge < -0.3 is 5.11 Å². The molecular weight excluding hydrogens is 275 g/mol. The summed E-state index contributed by atoms with van der Waals surface area (Å²) in [7, 11) is 0. The van der Waals surface area contributed by atoms with Crippen molar-refractivity contribution in [3.05, 3.63) is 0 Å². The van der Waals surface area contributed by atoms with E-state index in [1.54, 1.807) is 0 Å². The van der Waals surface area contributed by atoms with Gasteiger partial charge in [-0.2, -0.15) is 0 Å². The Hall–Kier alpha value is 0.250. The predicted molar refractivity (Wildman–Crippen MR) is 65.8 cm³/mol. The molecular formula is C11H19IO. The number of aliphatic hydroxyl groups excluding tert-OH is 1. The molecule has 76 valence electrons. The molecule has 0 saturated heterocycles. The lowest BCUT2D eigenvalue weighted by Gasteiger charge is -1.98. The second-order valence-electron chi connectivity index (χ2n) is 3.22. The van der Waals surface area contributed by atoms with Crippen molar-refractivity contribution < 1.29 is 5.11 Å². The van der Waals surface area contributed by atoms with Gasteiger partial charge in [0.05, 0.1) is 0 Å². The standard InChI is InChI=1S/C11H19IO/c12-10-8-6-4-2-1-3-5-7-9-11-13/h13H,1-7,9,11H2. The van der Waals surface area contributed by atoms with Gasteiger partial charge in [-0.3, -0.25) is 0 Å². The first-order chi connectivity index (χ1) is 6.41. The first-order valence-electron chi connectivity index (χ1n) is 5.11. The van der Waals surface area contributed by atoms with Crippen LogP contribution in [0.15, 0.2) is 0 Å². The molecule has 0 aromatic carbocycles. The summed E-state index contributed by atoms with van der Waals surface area (Å²) >= 11 is 2.09. The van der Waals surface area contributed by atoms with Gasteiger partial charge >= 0.3 is 0 Å². The number of hydrogen-bond donors (Lipinski definition) is 1. The molecule has 0 atom stereocenters. The highest BCUT2D eigenvalue weighted by molar-refractivity contribution is 14.1. The lowest BCUT2D eigenvalue weighted by Crippen LogP contribution is -1.83. The van der Waals surface area contributed by atoms with Crippen molar-refractivity contribution in [2.75, 3.05) is 6.61 Å². The minimum Gasteiger partial charge on any atom is -0.396 e. The summed E-state index contributed by atoms with van der Waals surface area (Å²) in [4.78, 5) is 0. The van der Waals surface area contributed by atoms with Gasteiger partial charge in [0.15, 0.2) is 0 Å². The summed E-state index contributed by atoms with van der Waals surface area (Å²) < 4.78 is 2.88. The Bertz CT molecular complexity index is 146. The Morgan fingerprint density at radius 2 is 1.38 bits per heavy atom. The molecule has 0 aromatic heterocycles. The highest BCUT2D eigenvalue weighted by atomic mass is 127. The second-order valence-corrected chi connectivity index (χ2v) is 3.76. The van der Waals surface area contributed by atoms with Crippen molar-refractivity contribution in [3.63, 3.8) is 0 Å². The molecule has 2 heteroatoms. The van der Waals surface area contributed by atoms with E-state index in [2.05, 4.69) is 32.4 Å². The average Bonchev–Trinajstić information content (AvgIpc) is 2.16. The smallest absolute Gasteiger partial charge is 0.0431 e. The highest BCUT2D eigenvalue weighted by Gasteiger charge is 1.90. The quantitative estimate of drug-likeness (QED) is 0.413. The van der Waals surface area contributed by atoms with E-state index in [1.807, 2.05) is 0 Å². The van der Waals surface area contributed by atoms with Crippen LogP contribution in [0, 0.1) is 9.85 Å². The minimum absolute atomic E-state index is 0.352. The molecule has 0 aliphatic carbocycles. The van der Waals surface area contributed by atoms with Crippen molar-refractivity contribution in [3.8, 4) is 9.85 Å². The van der Waals surface area contributed by atoms with E-state index < -0.39 is 0 Å². The van der Waals surface area contributed by atoms with Crippen LogP contribution in [0.5, 0.6) is 0 Å². The van der Waals surface area contributed by atoms with E-state index in [0.717, 1.165) is 12.8 Å². The lowest BCUT2D eigenvalue weighted by atomic mass is 10.1. The molecule has 0 radical (unpaired) electrons. The zero-order valence-corrected chi connectivity index (χ0v) is 10.3. The van der Waals surface area contributed by atoms with Crippen molar-refractivity contribution in [2.45, 2.75) is 51.4 Å². The van der Waals surface area contributed by atoms with Crippen molar-refractivity contribution >= 4 is 22.6 Å². The Balaban J connectivity index is 2.86. The molecule has 0 fully saturated rings. The van der Waals surface area contributed by atoms with E-state index in [1.165, 1.54) is 38.5 Å². The first-order valence-corrected chi connectivity index (χ1v) is 6.19. The minimum atomic E-state index is 0.352. The van der Waals surface area contributed by atoms with Gasteiger partial charge in [0.2, 0.25) is 0 Å². The summed E-state index contributed by atoms with van der Waals surface area (Å²) in [5, 5.41) is 8.55. The topological polar surface area (TPSA) is 20.2 Å². The van der Waals surface area contributed by atoms with E-state index in [0.29, 0.717) is 6.61 Å². The molecule has 0 unspecified atom stereocenters. The Morgan fingerprint density at radius 1 is 0.846 bits per heavy atom. The van der Waals surface area contributed by atoms with E-state index in [4.69, 9.17) is 5.11 Å². The third kappa shape index (κ3) is 12.2. The van der Waals surface area contributed by atoms with Gasteiger partial charge in [0.25, 0.3) is 0 Å². The van der Waals surface area contributed by atoms with Gasteiger partial charge in [-0.25, -0.2) is 0 Å². The van der Waals surface area contributed by atoms with Crippen molar-refractivity contribution in [1.29, 1.82) is 0 Å². The fourth-order valence-corrected chi connectivity index (χ4v) is 1.53. The Labute approximate surface area is 95.4 Å². The molecule has 0 bridgehead atoms. The van der Waals surface area contributed by atoms with Gasteiger partial charge in [0.1, 0.15) is 0 Å². The molecule has 0 heterocycles. The van der Waals surface area contributed by atoms with Crippen LogP contribution in [0.3, 0.4) is 0 Å². The number of rotatable bonds is 8. The Kier molecular flexibility index (Phi) is 12.5. The molecule has 0 amide bonds. The van der Waals surface area contributed by atoms with E-state index in [9.17, 15) is 0 Å². The first kappa shape index (κ1) is 13.2. The highest BCUT2D eigenvalue weighted by Crippen LogP contribution is 2.07. The third-order valence-electron chi connectivity index (χ3n) is 2.03. The molecule has 1 N–H and O–H groups in total. The molecule has 0 aromatic rings. The normalized spacial score (nSPS) is 9.38. The summed E-state index contributed by atoms with van der Waals surface area (Å²) in [6.07, 6.45) is 9.69. The fourth-order valence-electron chi connectivity index (χ4n) is 1.26. The number of aliphatic hydroxyl groups is 1. The Morgan fingerprint density at radius 3 is 1.92 bits per heavy atom. The molecule has 0 aliphatic rings. The maximum Gasteiger partial charge on any atom is 0.0431 e. The zero-order chi connectivity index (χ0) is 9.78. The monoisotopic (exact) mass is 294 g/mol. The fraction of sp³-hybridized carbons (Fsp3) is 0.818. The van der Waals surface area contributed by atoms with Crippen LogP contribution < -0.4 is 0 Å². The van der Waals surface area contributed by atoms with Gasteiger partial charge in [0, 0.05) is 35.6 Å². The zero-order valence-electron chi connectivity index (χ0n) is 8.19. The number of hydrogen-bond acceptors (Lipinski definition) is 1. The van der Waals surface area contributed by atoms with Crippen LogP contribution in [-0.4, -0.2) is 11.7 Å². The second kappa shape index (κ2) is 12.2.